The van der Waals surface area contributed by atoms with E-state index in [-0.39, 0.29) is 18.1 Å². The van der Waals surface area contributed by atoms with Gasteiger partial charge in [-0.25, -0.2) is 0 Å². The molecule has 0 aliphatic carbocycles. The van der Waals surface area contributed by atoms with Crippen molar-refractivity contribution < 1.29 is 9.53 Å². The molecule has 16 heavy (non-hydrogen) atoms. The quantitative estimate of drug-likeness (QED) is 0.793. The number of amides is 1. The second kappa shape index (κ2) is 7.14. The zero-order valence-corrected chi connectivity index (χ0v) is 11.0. The molecule has 2 atom stereocenters. The minimum atomic E-state index is -0.349. The summed E-state index contributed by atoms with van der Waals surface area (Å²) in [6.07, 6.45) is 3.81. The van der Waals surface area contributed by atoms with Gasteiger partial charge in [-0.1, -0.05) is 0 Å². The van der Waals surface area contributed by atoms with Crippen LogP contribution in [-0.4, -0.2) is 54.7 Å². The molecule has 0 aromatic carbocycles. The largest absolute Gasteiger partial charge is 0.377 e. The van der Waals surface area contributed by atoms with Crippen LogP contribution < -0.4 is 5.73 Å². The molecule has 5 heteroatoms. The maximum Gasteiger partial charge on any atom is 0.239 e. The molecule has 1 heterocycles. The Hall–Kier alpha value is -0.260. The smallest absolute Gasteiger partial charge is 0.239 e. The van der Waals surface area contributed by atoms with Crippen LogP contribution in [0.5, 0.6) is 0 Å². The second-order valence-electron chi connectivity index (χ2n) is 4.21. The Morgan fingerprint density at radius 3 is 3.12 bits per heavy atom. The summed E-state index contributed by atoms with van der Waals surface area (Å²) in [6.45, 7) is 4.19. The molecule has 0 aromatic heterocycles. The third kappa shape index (κ3) is 4.31. The number of ether oxygens (including phenoxy) is 1. The average Bonchev–Trinajstić information content (AvgIpc) is 2.49. The van der Waals surface area contributed by atoms with Crippen LogP contribution in [0.4, 0.5) is 0 Å². The predicted octanol–water partition coefficient (Wildman–Crippen LogP) is 0.704. The number of carbonyl (C=O) groups excluding carboxylic acids is 1. The van der Waals surface area contributed by atoms with E-state index in [4.69, 9.17) is 10.5 Å². The summed E-state index contributed by atoms with van der Waals surface area (Å²) >= 11 is 1.72. The number of carbonyl (C=O) groups is 1. The van der Waals surface area contributed by atoms with Gasteiger partial charge in [0.05, 0.1) is 12.1 Å². The van der Waals surface area contributed by atoms with Crippen molar-refractivity contribution >= 4 is 17.7 Å². The van der Waals surface area contributed by atoms with Gasteiger partial charge in [0.1, 0.15) is 0 Å². The van der Waals surface area contributed by atoms with Crippen molar-refractivity contribution in [3.8, 4) is 0 Å². The van der Waals surface area contributed by atoms with E-state index in [2.05, 4.69) is 0 Å². The Morgan fingerprint density at radius 1 is 1.69 bits per heavy atom. The molecule has 0 radical (unpaired) electrons. The van der Waals surface area contributed by atoms with Crippen LogP contribution in [-0.2, 0) is 9.53 Å². The molecule has 2 N–H and O–H groups in total. The maximum absolute atomic E-state index is 12.0. The molecule has 0 saturated carbocycles. The molecular weight excluding hydrogens is 224 g/mol. The van der Waals surface area contributed by atoms with Crippen molar-refractivity contribution in [2.75, 3.05) is 31.7 Å². The molecular formula is C11H22N2O2S. The summed E-state index contributed by atoms with van der Waals surface area (Å²) in [5.41, 5.74) is 5.89. The highest BCUT2D eigenvalue weighted by atomic mass is 32.2. The number of nitrogens with two attached hydrogens (primary N) is 1. The monoisotopic (exact) mass is 246 g/mol. The van der Waals surface area contributed by atoms with Gasteiger partial charge in [0, 0.05) is 19.7 Å². The molecule has 94 valence electrons. The van der Waals surface area contributed by atoms with Gasteiger partial charge in [0.2, 0.25) is 5.91 Å². The number of nitrogens with zero attached hydrogens (tertiary/aromatic N) is 1. The minimum absolute atomic E-state index is 0.0754. The Labute approximate surface area is 102 Å². The van der Waals surface area contributed by atoms with Crippen LogP contribution in [0.3, 0.4) is 0 Å². The standard InChI is InChI=1S/C11H22N2O2S/c1-9-8-13(5-3-6-15-9)11(14)10(12)4-7-16-2/h9-10H,3-8,12H2,1-2H3. The lowest BCUT2D eigenvalue weighted by atomic mass is 10.2. The van der Waals surface area contributed by atoms with E-state index in [1.54, 1.807) is 11.8 Å². The Bertz CT molecular complexity index is 226. The third-order valence-corrected chi connectivity index (χ3v) is 3.36. The number of thioether (sulfide) groups is 1. The third-order valence-electron chi connectivity index (χ3n) is 2.71. The van der Waals surface area contributed by atoms with E-state index in [1.165, 1.54) is 0 Å². The van der Waals surface area contributed by atoms with E-state index in [0.29, 0.717) is 6.54 Å². The van der Waals surface area contributed by atoms with Gasteiger partial charge in [-0.2, -0.15) is 11.8 Å². The van der Waals surface area contributed by atoms with Crippen LogP contribution in [0.1, 0.15) is 19.8 Å². The molecule has 4 nitrogen and oxygen atoms in total. The molecule has 1 saturated heterocycles. The molecule has 0 spiro atoms. The van der Waals surface area contributed by atoms with Gasteiger partial charge < -0.3 is 15.4 Å². The summed E-state index contributed by atoms with van der Waals surface area (Å²) in [7, 11) is 0. The first kappa shape index (κ1) is 13.8. The molecule has 0 aromatic rings. The van der Waals surface area contributed by atoms with E-state index < -0.39 is 0 Å². The van der Waals surface area contributed by atoms with E-state index in [0.717, 1.165) is 31.7 Å². The summed E-state index contributed by atoms with van der Waals surface area (Å²) < 4.78 is 5.51. The van der Waals surface area contributed by atoms with Crippen LogP contribution in [0.15, 0.2) is 0 Å². The highest BCUT2D eigenvalue weighted by Crippen LogP contribution is 2.08. The van der Waals surface area contributed by atoms with E-state index in [9.17, 15) is 4.79 Å². The normalized spacial score (nSPS) is 23.9. The van der Waals surface area contributed by atoms with Gasteiger partial charge >= 0.3 is 0 Å². The van der Waals surface area contributed by atoms with Gasteiger partial charge in [0.25, 0.3) is 0 Å². The van der Waals surface area contributed by atoms with E-state index in [1.807, 2.05) is 18.1 Å². The van der Waals surface area contributed by atoms with Crippen LogP contribution in [0.2, 0.25) is 0 Å². The van der Waals surface area contributed by atoms with Gasteiger partial charge in [-0.05, 0) is 31.8 Å². The SMILES string of the molecule is CSCCC(N)C(=O)N1CCCOC(C)C1. The second-order valence-corrected chi connectivity index (χ2v) is 5.19. The Balaban J connectivity index is 2.44. The highest BCUT2D eigenvalue weighted by molar-refractivity contribution is 7.98. The molecule has 1 fully saturated rings. The van der Waals surface area contributed by atoms with Gasteiger partial charge in [-0.3, -0.25) is 4.79 Å². The summed E-state index contributed by atoms with van der Waals surface area (Å²) in [4.78, 5) is 13.9. The summed E-state index contributed by atoms with van der Waals surface area (Å²) in [6, 6.07) is -0.349. The Kier molecular flexibility index (Phi) is 6.16. The molecule has 1 aliphatic heterocycles. The molecule has 1 amide bonds. The average molecular weight is 246 g/mol. The molecule has 2 unspecified atom stereocenters. The van der Waals surface area contributed by atoms with Crippen molar-refractivity contribution in [3.05, 3.63) is 0 Å². The van der Waals surface area contributed by atoms with Crippen molar-refractivity contribution in [2.24, 2.45) is 5.73 Å². The molecule has 1 aliphatic rings. The lowest BCUT2D eigenvalue weighted by molar-refractivity contribution is -0.133. The van der Waals surface area contributed by atoms with Gasteiger partial charge in [-0.15, -0.1) is 0 Å². The zero-order chi connectivity index (χ0) is 12.0. The number of rotatable bonds is 4. The fraction of sp³-hybridized carbons (Fsp3) is 0.909. The first-order valence-corrected chi connectivity index (χ1v) is 7.19. The summed E-state index contributed by atoms with van der Waals surface area (Å²) in [5, 5.41) is 0. The molecule has 0 bridgehead atoms. The first-order chi connectivity index (χ1) is 7.65. The lowest BCUT2D eigenvalue weighted by Gasteiger charge is -2.25. The van der Waals surface area contributed by atoms with Gasteiger partial charge in [0.15, 0.2) is 0 Å². The van der Waals surface area contributed by atoms with E-state index >= 15 is 0 Å². The minimum Gasteiger partial charge on any atom is -0.377 e. The van der Waals surface area contributed by atoms with Crippen molar-refractivity contribution in [2.45, 2.75) is 31.9 Å². The highest BCUT2D eigenvalue weighted by Gasteiger charge is 2.23. The zero-order valence-electron chi connectivity index (χ0n) is 10.1. The Morgan fingerprint density at radius 2 is 2.44 bits per heavy atom. The number of hydrogen-bond donors (Lipinski definition) is 1. The maximum atomic E-state index is 12.0. The number of hydrogen-bond acceptors (Lipinski definition) is 4. The van der Waals surface area contributed by atoms with Crippen molar-refractivity contribution in [1.29, 1.82) is 0 Å². The predicted molar refractivity (Wildman–Crippen MR) is 67.6 cm³/mol. The first-order valence-electron chi connectivity index (χ1n) is 5.80. The molecule has 1 rings (SSSR count). The van der Waals surface area contributed by atoms with Crippen LogP contribution in [0, 0.1) is 0 Å². The fourth-order valence-corrected chi connectivity index (χ4v) is 2.29. The van der Waals surface area contributed by atoms with Crippen LogP contribution >= 0.6 is 11.8 Å². The van der Waals surface area contributed by atoms with Crippen molar-refractivity contribution in [1.82, 2.24) is 4.90 Å². The summed E-state index contributed by atoms with van der Waals surface area (Å²) in [5.74, 6) is 1.01. The lowest BCUT2D eigenvalue weighted by Crippen LogP contribution is -2.46. The van der Waals surface area contributed by atoms with Crippen LogP contribution in [0.25, 0.3) is 0 Å². The fourth-order valence-electron chi connectivity index (χ4n) is 1.80. The topological polar surface area (TPSA) is 55.6 Å². The van der Waals surface area contributed by atoms with Crippen molar-refractivity contribution in [3.63, 3.8) is 0 Å².